The van der Waals surface area contributed by atoms with E-state index >= 15 is 0 Å². The lowest BCUT2D eigenvalue weighted by Crippen LogP contribution is -2.19. The first-order chi connectivity index (χ1) is 15.2. The van der Waals surface area contributed by atoms with E-state index in [0.717, 1.165) is 17.7 Å². The Morgan fingerprint density at radius 3 is 2.66 bits per heavy atom. The lowest BCUT2D eigenvalue weighted by atomic mass is 9.97. The fourth-order valence-corrected chi connectivity index (χ4v) is 3.74. The highest BCUT2D eigenvalue weighted by atomic mass is 79.9. The quantitative estimate of drug-likeness (QED) is 0.482. The summed E-state index contributed by atoms with van der Waals surface area (Å²) in [6, 6.07) is 8.60. The van der Waals surface area contributed by atoms with Gasteiger partial charge in [-0.2, -0.15) is 0 Å². The van der Waals surface area contributed by atoms with Crippen LogP contribution in [0.4, 0.5) is 8.78 Å². The number of carbonyl (C=O) groups is 1. The summed E-state index contributed by atoms with van der Waals surface area (Å²) in [5, 5.41) is 2.61. The first-order valence-corrected chi connectivity index (χ1v) is 10.5. The third-order valence-corrected chi connectivity index (χ3v) is 5.72. The number of hydrogen-bond donors (Lipinski definition) is 2. The molecule has 0 bridgehead atoms. The Labute approximate surface area is 192 Å². The van der Waals surface area contributed by atoms with Gasteiger partial charge in [-0.1, -0.05) is 24.8 Å². The molecular weight excluding hydrogens is 482 g/mol. The number of ether oxygens (including phenoxy) is 1. The molecule has 1 amide bonds. The minimum Gasteiger partial charge on any atom is -0.487 e. The van der Waals surface area contributed by atoms with Gasteiger partial charge in [0.25, 0.3) is 11.5 Å². The van der Waals surface area contributed by atoms with Crippen LogP contribution in [-0.2, 0) is 13.0 Å². The summed E-state index contributed by atoms with van der Waals surface area (Å²) < 4.78 is 33.2. The molecule has 0 aliphatic rings. The Bertz CT molecular complexity index is 1250. The van der Waals surface area contributed by atoms with Gasteiger partial charge in [-0.25, -0.2) is 8.78 Å². The topological polar surface area (TPSA) is 71.2 Å². The Balaban J connectivity index is 2.00. The van der Waals surface area contributed by atoms with E-state index in [1.54, 1.807) is 32.2 Å². The van der Waals surface area contributed by atoms with Crippen molar-refractivity contribution in [3.8, 4) is 5.75 Å². The van der Waals surface area contributed by atoms with Crippen LogP contribution in [-0.4, -0.2) is 17.9 Å². The maximum atomic E-state index is 14.0. The number of halogens is 3. The molecule has 32 heavy (non-hydrogen) atoms. The molecule has 3 aromatic rings. The second kappa shape index (κ2) is 9.91. The first-order valence-electron chi connectivity index (χ1n) is 9.70. The Morgan fingerprint density at radius 2 is 2.00 bits per heavy atom. The van der Waals surface area contributed by atoms with Gasteiger partial charge >= 0.3 is 0 Å². The largest absolute Gasteiger partial charge is 0.487 e. The molecule has 1 aromatic heterocycles. The lowest BCUT2D eigenvalue weighted by Gasteiger charge is -2.16. The molecule has 2 aromatic carbocycles. The molecule has 0 radical (unpaired) electrons. The summed E-state index contributed by atoms with van der Waals surface area (Å²) in [5.74, 6) is -1.41. The highest BCUT2D eigenvalue weighted by Gasteiger charge is 2.18. The number of carbonyl (C=O) groups excluding carboxylic acids is 1. The summed E-state index contributed by atoms with van der Waals surface area (Å²) in [4.78, 5) is 27.3. The Morgan fingerprint density at radius 1 is 1.25 bits per heavy atom. The van der Waals surface area contributed by atoms with Crippen LogP contribution in [0.3, 0.4) is 0 Å². The second-order valence-electron chi connectivity index (χ2n) is 7.11. The van der Waals surface area contributed by atoms with Gasteiger partial charge in [0, 0.05) is 41.9 Å². The van der Waals surface area contributed by atoms with Gasteiger partial charge in [-0.3, -0.25) is 9.59 Å². The first kappa shape index (κ1) is 23.4. The molecule has 0 aliphatic heterocycles. The van der Waals surface area contributed by atoms with Crippen LogP contribution >= 0.6 is 15.9 Å². The van der Waals surface area contributed by atoms with E-state index in [0.29, 0.717) is 28.8 Å². The molecule has 0 spiro atoms. The molecule has 0 saturated carbocycles. The monoisotopic (exact) mass is 502 g/mol. The Kier molecular flexibility index (Phi) is 7.25. The summed E-state index contributed by atoms with van der Waals surface area (Å²) in [7, 11) is 1.55. The normalized spacial score (nSPS) is 10.7. The number of aromatic amines is 1. The zero-order valence-electron chi connectivity index (χ0n) is 17.5. The minimum absolute atomic E-state index is 0.152. The number of H-pyrrole nitrogens is 1. The van der Waals surface area contributed by atoms with E-state index < -0.39 is 17.2 Å². The van der Waals surface area contributed by atoms with Gasteiger partial charge in [0.1, 0.15) is 28.5 Å². The molecule has 0 unspecified atom stereocenters. The lowest BCUT2D eigenvalue weighted by molar-refractivity contribution is 0.0963. The van der Waals surface area contributed by atoms with Crippen molar-refractivity contribution >= 4 is 27.9 Å². The predicted molar refractivity (Wildman–Crippen MR) is 123 cm³/mol. The van der Waals surface area contributed by atoms with Gasteiger partial charge < -0.3 is 15.0 Å². The number of nitrogens with one attached hydrogen (secondary N) is 2. The predicted octanol–water partition coefficient (Wildman–Crippen LogP) is 4.90. The number of benzene rings is 2. The van der Waals surface area contributed by atoms with E-state index in [-0.39, 0.29) is 28.3 Å². The van der Waals surface area contributed by atoms with Crippen molar-refractivity contribution in [3.05, 3.63) is 103 Å². The molecule has 1 heterocycles. The van der Waals surface area contributed by atoms with Crippen molar-refractivity contribution in [2.75, 3.05) is 7.05 Å². The molecule has 8 heteroatoms. The van der Waals surface area contributed by atoms with Crippen LogP contribution in [0.25, 0.3) is 6.08 Å². The van der Waals surface area contributed by atoms with Crippen molar-refractivity contribution in [1.82, 2.24) is 10.3 Å². The molecule has 5 nitrogen and oxygen atoms in total. The molecule has 166 valence electrons. The van der Waals surface area contributed by atoms with Gasteiger partial charge in [0.2, 0.25) is 0 Å². The van der Waals surface area contributed by atoms with Crippen molar-refractivity contribution < 1.29 is 18.3 Å². The van der Waals surface area contributed by atoms with E-state index in [2.05, 4.69) is 32.8 Å². The van der Waals surface area contributed by atoms with E-state index in [4.69, 9.17) is 4.74 Å². The summed E-state index contributed by atoms with van der Waals surface area (Å²) in [6.45, 7) is 5.27. The van der Waals surface area contributed by atoms with Gasteiger partial charge in [0.05, 0.1) is 0 Å². The van der Waals surface area contributed by atoms with Crippen LogP contribution in [0, 0.1) is 18.6 Å². The highest BCUT2D eigenvalue weighted by Crippen LogP contribution is 2.31. The number of hydrogen-bond acceptors (Lipinski definition) is 3. The number of amides is 1. The summed E-state index contributed by atoms with van der Waals surface area (Å²) in [6.07, 6.45) is 1.94. The van der Waals surface area contributed by atoms with Crippen LogP contribution in [0.15, 0.2) is 52.2 Å². The van der Waals surface area contributed by atoms with Crippen molar-refractivity contribution in [2.24, 2.45) is 0 Å². The number of pyridine rings is 1. The molecule has 0 saturated heterocycles. The SMILES string of the molecule is C=Cc1ccc(Cc2c(C)[nH]c(=O)c(Br)c2OCc2ccc(F)cc2F)cc1C(=O)NC. The summed E-state index contributed by atoms with van der Waals surface area (Å²) >= 11 is 3.25. The van der Waals surface area contributed by atoms with E-state index in [1.165, 1.54) is 6.07 Å². The maximum Gasteiger partial charge on any atom is 0.266 e. The standard InChI is InChI=1S/C24H21BrF2N2O3/c1-4-15-6-5-14(10-19(15)23(30)28-3)9-18-13(2)29-24(31)21(25)22(18)32-12-16-7-8-17(26)11-20(16)27/h4-8,10-11H,1,9,12H2,2-3H3,(H,28,30)(H,29,31). The van der Waals surface area contributed by atoms with Gasteiger partial charge in [-0.15, -0.1) is 0 Å². The van der Waals surface area contributed by atoms with Gasteiger partial charge in [0.15, 0.2) is 0 Å². The third kappa shape index (κ3) is 4.96. The number of aromatic nitrogens is 1. The molecule has 2 N–H and O–H groups in total. The average Bonchev–Trinajstić information content (AvgIpc) is 2.77. The fraction of sp³-hybridized carbons (Fsp3) is 0.167. The number of aryl methyl sites for hydroxylation is 1. The molecule has 3 rings (SSSR count). The average molecular weight is 503 g/mol. The minimum atomic E-state index is -0.737. The van der Waals surface area contributed by atoms with Crippen molar-refractivity contribution in [2.45, 2.75) is 20.0 Å². The highest BCUT2D eigenvalue weighted by molar-refractivity contribution is 9.10. The molecule has 0 fully saturated rings. The molecule has 0 aliphatic carbocycles. The molecule has 0 atom stereocenters. The van der Waals surface area contributed by atoms with Crippen LogP contribution in [0.2, 0.25) is 0 Å². The molecular formula is C24H21BrF2N2O3. The second-order valence-corrected chi connectivity index (χ2v) is 7.90. The van der Waals surface area contributed by atoms with Crippen LogP contribution < -0.4 is 15.6 Å². The van der Waals surface area contributed by atoms with Crippen molar-refractivity contribution in [3.63, 3.8) is 0 Å². The third-order valence-electron chi connectivity index (χ3n) is 5.00. The van der Waals surface area contributed by atoms with Crippen LogP contribution in [0.5, 0.6) is 5.75 Å². The van der Waals surface area contributed by atoms with Gasteiger partial charge in [-0.05, 0) is 52.2 Å². The zero-order chi connectivity index (χ0) is 23.4. The fourth-order valence-electron chi connectivity index (χ4n) is 3.29. The van der Waals surface area contributed by atoms with E-state index in [1.807, 2.05) is 6.07 Å². The maximum absolute atomic E-state index is 14.0. The smallest absolute Gasteiger partial charge is 0.266 e. The van der Waals surface area contributed by atoms with Crippen LogP contribution in [0.1, 0.15) is 38.3 Å². The number of rotatable bonds is 7. The van der Waals surface area contributed by atoms with Crippen molar-refractivity contribution in [1.29, 1.82) is 0 Å². The van der Waals surface area contributed by atoms with E-state index in [9.17, 15) is 18.4 Å². The Hall–Kier alpha value is -3.26. The zero-order valence-corrected chi connectivity index (χ0v) is 19.1. The summed E-state index contributed by atoms with van der Waals surface area (Å²) in [5.41, 5.74) is 2.95.